The minimum atomic E-state index is 0.0624. The van der Waals surface area contributed by atoms with Crippen molar-refractivity contribution in [2.24, 2.45) is 17.8 Å². The Morgan fingerprint density at radius 2 is 1.62 bits per heavy atom. The molecule has 5 saturated carbocycles. The maximum atomic E-state index is 12.8. The summed E-state index contributed by atoms with van der Waals surface area (Å²) in [7, 11) is 0. The Hall–Kier alpha value is -1.26. The van der Waals surface area contributed by atoms with Crippen LogP contribution in [0.3, 0.4) is 0 Å². The summed E-state index contributed by atoms with van der Waals surface area (Å²) in [4.78, 5) is 12.8. The van der Waals surface area contributed by atoms with Gasteiger partial charge in [0.15, 0.2) is 0 Å². The Labute approximate surface area is 179 Å². The van der Waals surface area contributed by atoms with Crippen molar-refractivity contribution < 1.29 is 9.53 Å². The first-order valence-corrected chi connectivity index (χ1v) is 11.9. The minimum absolute atomic E-state index is 0.0624. The number of ether oxygens (including phenoxy) is 1. The van der Waals surface area contributed by atoms with Crippen LogP contribution in [0.4, 0.5) is 4.79 Å². The second-order valence-corrected chi connectivity index (χ2v) is 10.6. The molecule has 0 aliphatic heterocycles. The molecule has 4 nitrogen and oxygen atoms in total. The first kappa shape index (κ1) is 19.7. The molecule has 5 heteroatoms. The van der Waals surface area contributed by atoms with Crippen LogP contribution in [0.15, 0.2) is 24.3 Å². The van der Waals surface area contributed by atoms with Gasteiger partial charge in [-0.3, -0.25) is 0 Å². The minimum Gasteiger partial charge on any atom is -0.373 e. The molecule has 0 saturated heterocycles. The standard InChI is InChI=1S/C24H33ClN2O2/c25-22-4-2-1-3-19(22)15-29-21-7-5-20(6-8-21)26-23(28)27-24-12-16-9-17(13-24)11-18(10-16)14-24/h1-4,16-18,20-21H,5-15H2,(H2,26,27,28). The summed E-state index contributed by atoms with van der Waals surface area (Å²) in [5, 5.41) is 7.48. The van der Waals surface area contributed by atoms with Gasteiger partial charge < -0.3 is 15.4 Å². The third kappa shape index (κ3) is 4.44. The number of hydrogen-bond acceptors (Lipinski definition) is 2. The van der Waals surface area contributed by atoms with Gasteiger partial charge in [0.05, 0.1) is 12.7 Å². The molecule has 0 unspecified atom stereocenters. The molecular formula is C24H33ClN2O2. The molecule has 0 spiro atoms. The fraction of sp³-hybridized carbons (Fsp3) is 0.708. The molecule has 0 aromatic heterocycles. The molecular weight excluding hydrogens is 384 g/mol. The smallest absolute Gasteiger partial charge is 0.315 e. The van der Waals surface area contributed by atoms with E-state index >= 15 is 0 Å². The Bertz CT molecular complexity index is 709. The van der Waals surface area contributed by atoms with E-state index in [-0.39, 0.29) is 23.7 Å². The predicted octanol–water partition coefficient (Wildman–Crippen LogP) is 5.44. The van der Waals surface area contributed by atoms with Crippen LogP contribution in [0.5, 0.6) is 0 Å². The summed E-state index contributed by atoms with van der Waals surface area (Å²) >= 11 is 6.22. The van der Waals surface area contributed by atoms with Crippen molar-refractivity contribution in [1.29, 1.82) is 0 Å². The Morgan fingerprint density at radius 3 is 2.24 bits per heavy atom. The van der Waals surface area contributed by atoms with E-state index in [0.717, 1.165) is 54.0 Å². The van der Waals surface area contributed by atoms with E-state index in [1.54, 1.807) is 0 Å². The maximum Gasteiger partial charge on any atom is 0.315 e. The number of carbonyl (C=O) groups is 1. The Balaban J connectivity index is 1.06. The molecule has 158 valence electrons. The van der Waals surface area contributed by atoms with E-state index < -0.39 is 0 Å². The van der Waals surface area contributed by atoms with Crippen LogP contribution in [0.25, 0.3) is 0 Å². The van der Waals surface area contributed by atoms with E-state index in [1.165, 1.54) is 38.5 Å². The number of rotatable bonds is 5. The summed E-state index contributed by atoms with van der Waals surface area (Å²) in [5.41, 5.74) is 1.14. The van der Waals surface area contributed by atoms with Gasteiger partial charge in [-0.15, -0.1) is 0 Å². The summed E-state index contributed by atoms with van der Waals surface area (Å²) in [6.45, 7) is 0.564. The second-order valence-electron chi connectivity index (χ2n) is 10.2. The number of amides is 2. The summed E-state index contributed by atoms with van der Waals surface area (Å²) in [6, 6.07) is 8.19. The van der Waals surface area contributed by atoms with Crippen molar-refractivity contribution in [3.05, 3.63) is 34.9 Å². The molecule has 5 aliphatic carbocycles. The van der Waals surface area contributed by atoms with Crippen LogP contribution < -0.4 is 10.6 Å². The first-order valence-electron chi connectivity index (χ1n) is 11.5. The van der Waals surface area contributed by atoms with Crippen LogP contribution in [-0.2, 0) is 11.3 Å². The van der Waals surface area contributed by atoms with Crippen molar-refractivity contribution in [2.45, 2.75) is 88.5 Å². The highest BCUT2D eigenvalue weighted by Gasteiger charge is 2.51. The third-order valence-electron chi connectivity index (χ3n) is 7.86. The highest BCUT2D eigenvalue weighted by molar-refractivity contribution is 6.31. The Kier molecular flexibility index (Phi) is 5.51. The molecule has 5 fully saturated rings. The van der Waals surface area contributed by atoms with Crippen LogP contribution in [-0.4, -0.2) is 23.7 Å². The van der Waals surface area contributed by atoms with Gasteiger partial charge in [-0.05, 0) is 93.6 Å². The van der Waals surface area contributed by atoms with E-state index in [2.05, 4.69) is 10.6 Å². The van der Waals surface area contributed by atoms with Gasteiger partial charge in [-0.25, -0.2) is 4.79 Å². The number of carbonyl (C=O) groups excluding carboxylic acids is 1. The fourth-order valence-corrected chi connectivity index (χ4v) is 7.11. The second kappa shape index (κ2) is 8.11. The lowest BCUT2D eigenvalue weighted by Crippen LogP contribution is -2.62. The van der Waals surface area contributed by atoms with E-state index in [9.17, 15) is 4.79 Å². The van der Waals surface area contributed by atoms with Crippen LogP contribution in [0.2, 0.25) is 5.02 Å². The van der Waals surface area contributed by atoms with E-state index in [0.29, 0.717) is 6.61 Å². The zero-order chi connectivity index (χ0) is 19.8. The molecule has 5 aliphatic rings. The molecule has 2 amide bonds. The van der Waals surface area contributed by atoms with Crippen LogP contribution >= 0.6 is 11.6 Å². The molecule has 29 heavy (non-hydrogen) atoms. The van der Waals surface area contributed by atoms with Gasteiger partial charge in [-0.1, -0.05) is 29.8 Å². The van der Waals surface area contributed by atoms with Crippen LogP contribution in [0.1, 0.15) is 69.8 Å². The van der Waals surface area contributed by atoms with Crippen LogP contribution in [0, 0.1) is 17.8 Å². The molecule has 0 radical (unpaired) electrons. The average Bonchev–Trinajstić information content (AvgIpc) is 2.67. The average molecular weight is 417 g/mol. The molecule has 4 bridgehead atoms. The first-order chi connectivity index (χ1) is 14.1. The maximum absolute atomic E-state index is 12.8. The Morgan fingerprint density at radius 1 is 1.00 bits per heavy atom. The number of halogens is 1. The van der Waals surface area contributed by atoms with E-state index in [4.69, 9.17) is 16.3 Å². The third-order valence-corrected chi connectivity index (χ3v) is 8.23. The summed E-state index contributed by atoms with van der Waals surface area (Å²) in [6.07, 6.45) is 12.0. The molecule has 1 aromatic rings. The summed E-state index contributed by atoms with van der Waals surface area (Å²) < 4.78 is 6.08. The van der Waals surface area contributed by atoms with Crippen molar-refractivity contribution in [2.75, 3.05) is 0 Å². The topological polar surface area (TPSA) is 50.4 Å². The van der Waals surface area contributed by atoms with Crippen molar-refractivity contribution >= 4 is 17.6 Å². The van der Waals surface area contributed by atoms with Crippen molar-refractivity contribution in [3.63, 3.8) is 0 Å². The van der Waals surface area contributed by atoms with Gasteiger partial charge in [0, 0.05) is 16.6 Å². The van der Waals surface area contributed by atoms with Gasteiger partial charge in [-0.2, -0.15) is 0 Å². The van der Waals surface area contributed by atoms with Crippen molar-refractivity contribution in [3.8, 4) is 0 Å². The lowest BCUT2D eigenvalue weighted by molar-refractivity contribution is -0.0142. The molecule has 1 aromatic carbocycles. The van der Waals surface area contributed by atoms with Gasteiger partial charge in [0.25, 0.3) is 0 Å². The quantitative estimate of drug-likeness (QED) is 0.671. The molecule has 0 atom stereocenters. The molecule has 2 N–H and O–H groups in total. The van der Waals surface area contributed by atoms with Gasteiger partial charge in [0.2, 0.25) is 0 Å². The molecule has 0 heterocycles. The van der Waals surface area contributed by atoms with Gasteiger partial charge in [0.1, 0.15) is 0 Å². The fourth-order valence-electron chi connectivity index (χ4n) is 6.92. The highest BCUT2D eigenvalue weighted by atomic mass is 35.5. The zero-order valence-corrected chi connectivity index (χ0v) is 17.9. The highest BCUT2D eigenvalue weighted by Crippen LogP contribution is 2.55. The monoisotopic (exact) mass is 416 g/mol. The van der Waals surface area contributed by atoms with E-state index in [1.807, 2.05) is 24.3 Å². The molecule has 6 rings (SSSR count). The van der Waals surface area contributed by atoms with Gasteiger partial charge >= 0.3 is 6.03 Å². The van der Waals surface area contributed by atoms with Crippen molar-refractivity contribution in [1.82, 2.24) is 10.6 Å². The number of urea groups is 1. The lowest BCUT2D eigenvalue weighted by Gasteiger charge is -2.56. The number of hydrogen-bond donors (Lipinski definition) is 2. The number of nitrogens with one attached hydrogen (secondary N) is 2. The zero-order valence-electron chi connectivity index (χ0n) is 17.2. The largest absolute Gasteiger partial charge is 0.373 e. The normalized spacial score (nSPS) is 38.0. The lowest BCUT2D eigenvalue weighted by atomic mass is 9.53. The summed E-state index contributed by atoms with van der Waals surface area (Å²) in [5.74, 6) is 2.56. The SMILES string of the molecule is O=C(NC1CCC(OCc2ccccc2Cl)CC1)NC12CC3CC(CC(C3)C1)C2. The predicted molar refractivity (Wildman–Crippen MR) is 115 cm³/mol. The number of benzene rings is 1.